The quantitative estimate of drug-likeness (QED) is 0.214. The van der Waals surface area contributed by atoms with E-state index in [4.69, 9.17) is 14.2 Å². The molecule has 35 heavy (non-hydrogen) atoms. The highest BCUT2D eigenvalue weighted by molar-refractivity contribution is 8.82. The first-order valence-electron chi connectivity index (χ1n) is 10.9. The van der Waals surface area contributed by atoms with Gasteiger partial charge >= 0.3 is 11.3 Å². The molecule has 0 aromatic heterocycles. The van der Waals surface area contributed by atoms with Gasteiger partial charge in [0.25, 0.3) is 0 Å². The molecule has 7 heteroatoms. The third kappa shape index (κ3) is 3.68. The number of hydrogen-bond donors (Lipinski definition) is 0. The lowest BCUT2D eigenvalue weighted by Gasteiger charge is -2.36. The highest BCUT2D eigenvalue weighted by atomic mass is 33.1. The lowest BCUT2D eigenvalue weighted by Crippen LogP contribution is -2.33. The monoisotopic (exact) mass is 498 g/mol. The molecule has 172 valence electrons. The van der Waals surface area contributed by atoms with Crippen LogP contribution in [-0.4, -0.2) is 11.3 Å². The molecule has 1 spiro atoms. The first-order valence-corrected chi connectivity index (χ1v) is 13.1. The lowest BCUT2D eigenvalue weighted by atomic mass is 9.77. The molecule has 4 aromatic rings. The summed E-state index contributed by atoms with van der Waals surface area (Å²) < 4.78 is 18.0. The molecular formula is C28H18O5S2. The predicted molar refractivity (Wildman–Crippen MR) is 135 cm³/mol. The number of hydrogen-bond acceptors (Lipinski definition) is 7. The summed E-state index contributed by atoms with van der Waals surface area (Å²) in [6, 6.07) is 28.0. The third-order valence-corrected chi connectivity index (χ3v) is 7.99. The largest absolute Gasteiger partial charge is 0.456 e. The summed E-state index contributed by atoms with van der Waals surface area (Å²) in [6.45, 7) is 1.97. The van der Waals surface area contributed by atoms with E-state index in [0.717, 1.165) is 32.4 Å². The number of aryl methyl sites for hydroxylation is 1. The van der Waals surface area contributed by atoms with Crippen LogP contribution in [0.5, 0.6) is 17.2 Å². The van der Waals surface area contributed by atoms with E-state index in [1.807, 2.05) is 73.7 Å². The fourth-order valence-electron chi connectivity index (χ4n) is 4.50. The van der Waals surface area contributed by atoms with Gasteiger partial charge in [-0.3, -0.25) is 0 Å². The first-order chi connectivity index (χ1) is 17.0. The molecule has 0 saturated carbocycles. The third-order valence-electron chi connectivity index (χ3n) is 5.99. The number of rotatable bonds is 3. The second-order valence-corrected chi connectivity index (χ2v) is 10.3. The number of fused-ring (bicyclic) bond motifs is 6. The molecule has 2 aliphatic heterocycles. The molecule has 6 rings (SSSR count). The van der Waals surface area contributed by atoms with Gasteiger partial charge in [-0.2, -0.15) is 0 Å². The van der Waals surface area contributed by atoms with Crippen molar-refractivity contribution in [2.24, 2.45) is 0 Å². The minimum atomic E-state index is -1.13. The molecule has 0 aliphatic carbocycles. The summed E-state index contributed by atoms with van der Waals surface area (Å²) in [5.41, 5.74) is 2.60. The van der Waals surface area contributed by atoms with Gasteiger partial charge in [-0.25, -0.2) is 9.59 Å². The van der Waals surface area contributed by atoms with Crippen molar-refractivity contribution in [1.29, 1.82) is 0 Å². The predicted octanol–water partition coefficient (Wildman–Crippen LogP) is 7.50. The maximum Gasteiger partial charge on any atom is 0.383 e. The standard InChI is InChI=1S/C28H18O5S2/c1-17-11-13-22-24(15-17)32-25-16-18(31-27(30)35-34-19-7-3-2-4-8-19)12-14-23(25)28(22)21-10-6-5-9-20(21)26(29)33-28/h2-16H,1H3. The minimum Gasteiger partial charge on any atom is -0.456 e. The molecule has 0 radical (unpaired) electrons. The lowest BCUT2D eigenvalue weighted by molar-refractivity contribution is 0.0224. The number of ether oxygens (including phenoxy) is 3. The summed E-state index contributed by atoms with van der Waals surface area (Å²) in [4.78, 5) is 26.3. The van der Waals surface area contributed by atoms with E-state index in [9.17, 15) is 9.59 Å². The van der Waals surface area contributed by atoms with Gasteiger partial charge in [0.05, 0.1) is 5.56 Å². The van der Waals surface area contributed by atoms with E-state index in [1.54, 1.807) is 24.3 Å². The molecule has 0 bridgehead atoms. The van der Waals surface area contributed by atoms with Crippen LogP contribution in [0.1, 0.15) is 32.6 Å². The van der Waals surface area contributed by atoms with Crippen LogP contribution in [0.2, 0.25) is 0 Å². The Morgan fingerprint density at radius 1 is 0.829 bits per heavy atom. The van der Waals surface area contributed by atoms with Crippen molar-refractivity contribution >= 4 is 32.9 Å². The van der Waals surface area contributed by atoms with Crippen LogP contribution in [0.15, 0.2) is 95.9 Å². The molecule has 4 aromatic carbocycles. The van der Waals surface area contributed by atoms with Crippen molar-refractivity contribution in [3.05, 3.63) is 119 Å². The van der Waals surface area contributed by atoms with Gasteiger partial charge in [0.15, 0.2) is 5.60 Å². The van der Waals surface area contributed by atoms with Crippen molar-refractivity contribution < 1.29 is 23.8 Å². The number of esters is 1. The molecule has 2 aliphatic rings. The Hall–Kier alpha value is -3.68. The number of benzene rings is 4. The van der Waals surface area contributed by atoms with E-state index >= 15 is 0 Å². The maximum absolute atomic E-state index is 12.9. The molecular weight excluding hydrogens is 480 g/mol. The minimum absolute atomic E-state index is 0.346. The first kappa shape index (κ1) is 21.8. The molecule has 1 unspecified atom stereocenters. The molecule has 0 N–H and O–H groups in total. The summed E-state index contributed by atoms with van der Waals surface area (Å²) in [5, 5.41) is -0.446. The Morgan fingerprint density at radius 3 is 2.37 bits per heavy atom. The van der Waals surface area contributed by atoms with Gasteiger partial charge in [-0.1, -0.05) is 48.5 Å². The Kier molecular flexibility index (Phi) is 5.31. The topological polar surface area (TPSA) is 61.8 Å². The van der Waals surface area contributed by atoms with Crippen molar-refractivity contribution in [3.63, 3.8) is 0 Å². The Morgan fingerprint density at radius 2 is 1.54 bits per heavy atom. The van der Waals surface area contributed by atoms with Crippen LogP contribution < -0.4 is 9.47 Å². The second kappa shape index (κ2) is 8.52. The molecule has 5 nitrogen and oxygen atoms in total. The molecule has 0 amide bonds. The second-order valence-electron chi connectivity index (χ2n) is 8.21. The van der Waals surface area contributed by atoms with Gasteiger partial charge in [-0.15, -0.1) is 0 Å². The zero-order valence-electron chi connectivity index (χ0n) is 18.5. The van der Waals surface area contributed by atoms with Gasteiger partial charge in [0.1, 0.15) is 17.2 Å². The van der Waals surface area contributed by atoms with Crippen LogP contribution in [0.4, 0.5) is 4.79 Å². The van der Waals surface area contributed by atoms with Crippen LogP contribution in [-0.2, 0) is 10.3 Å². The Bertz CT molecular complexity index is 1480. The highest BCUT2D eigenvalue weighted by Gasteiger charge is 2.53. The molecule has 2 heterocycles. The zero-order chi connectivity index (χ0) is 24.0. The van der Waals surface area contributed by atoms with Crippen LogP contribution in [0.3, 0.4) is 0 Å². The number of carbonyl (C=O) groups is 2. The van der Waals surface area contributed by atoms with Gasteiger partial charge in [-0.05, 0) is 59.7 Å². The van der Waals surface area contributed by atoms with Crippen molar-refractivity contribution in [2.45, 2.75) is 17.4 Å². The smallest absolute Gasteiger partial charge is 0.383 e. The van der Waals surface area contributed by atoms with Crippen molar-refractivity contribution in [2.75, 3.05) is 0 Å². The van der Waals surface area contributed by atoms with Crippen molar-refractivity contribution in [1.82, 2.24) is 0 Å². The fraction of sp³-hybridized carbons (Fsp3) is 0.0714. The summed E-state index contributed by atoms with van der Waals surface area (Å²) >= 11 is 0. The zero-order valence-corrected chi connectivity index (χ0v) is 20.2. The van der Waals surface area contributed by atoms with Gasteiger partial charge in [0.2, 0.25) is 0 Å². The summed E-state index contributed by atoms with van der Waals surface area (Å²) in [5.74, 6) is 1.03. The molecule has 0 fully saturated rings. The van der Waals surface area contributed by atoms with E-state index in [-0.39, 0.29) is 5.97 Å². The van der Waals surface area contributed by atoms with Crippen LogP contribution in [0, 0.1) is 6.92 Å². The Balaban J connectivity index is 1.37. The maximum atomic E-state index is 12.9. The van der Waals surface area contributed by atoms with Gasteiger partial charge in [0, 0.05) is 38.4 Å². The van der Waals surface area contributed by atoms with Crippen LogP contribution >= 0.6 is 21.6 Å². The normalized spacial score (nSPS) is 17.1. The molecule has 1 atom stereocenters. The van der Waals surface area contributed by atoms with Crippen molar-refractivity contribution in [3.8, 4) is 17.2 Å². The van der Waals surface area contributed by atoms with E-state index < -0.39 is 10.9 Å². The highest BCUT2D eigenvalue weighted by Crippen LogP contribution is 2.56. The summed E-state index contributed by atoms with van der Waals surface area (Å²) in [7, 11) is 2.34. The molecule has 0 saturated heterocycles. The summed E-state index contributed by atoms with van der Waals surface area (Å²) in [6.07, 6.45) is 0. The van der Waals surface area contributed by atoms with E-state index in [2.05, 4.69) is 0 Å². The average molecular weight is 499 g/mol. The van der Waals surface area contributed by atoms with Crippen LogP contribution in [0.25, 0.3) is 0 Å². The Labute approximate surface area is 209 Å². The number of carbonyl (C=O) groups excluding carboxylic acids is 2. The van der Waals surface area contributed by atoms with E-state index in [1.165, 1.54) is 10.8 Å². The fourth-order valence-corrected chi connectivity index (χ4v) is 5.99. The SMILES string of the molecule is Cc1ccc2c(c1)Oc1cc(OC(=O)SSc3ccccc3)ccc1C21OC(=O)c2ccccc21. The average Bonchev–Trinajstić information content (AvgIpc) is 3.16. The van der Waals surface area contributed by atoms with Gasteiger partial charge < -0.3 is 14.2 Å². The van der Waals surface area contributed by atoms with E-state index in [0.29, 0.717) is 28.4 Å².